The van der Waals surface area contributed by atoms with E-state index in [2.05, 4.69) is 55.6 Å². The molecule has 1 saturated carbocycles. The third-order valence-electron chi connectivity index (χ3n) is 7.32. The second-order valence-electron chi connectivity index (χ2n) is 9.54. The van der Waals surface area contributed by atoms with Gasteiger partial charge in [-0.25, -0.2) is 4.79 Å². The van der Waals surface area contributed by atoms with Crippen LogP contribution in [0.4, 0.5) is 10.5 Å². The highest BCUT2D eigenvalue weighted by atomic mass is 32.2. The maximum absolute atomic E-state index is 13.3. The highest BCUT2D eigenvalue weighted by Crippen LogP contribution is 2.51. The van der Waals surface area contributed by atoms with Crippen molar-refractivity contribution in [3.8, 4) is 11.1 Å². The summed E-state index contributed by atoms with van der Waals surface area (Å²) in [6.45, 7) is 5.59. The molecular weight excluding hydrogens is 426 g/mol. The minimum absolute atomic E-state index is 0.0171. The van der Waals surface area contributed by atoms with Crippen LogP contribution >= 0.6 is 11.9 Å². The summed E-state index contributed by atoms with van der Waals surface area (Å²) in [4.78, 5) is 16.3. The zero-order valence-corrected chi connectivity index (χ0v) is 20.2. The van der Waals surface area contributed by atoms with Crippen LogP contribution < -0.4 is 15.4 Å². The van der Waals surface area contributed by atoms with Crippen LogP contribution in [0.5, 0.6) is 0 Å². The van der Waals surface area contributed by atoms with E-state index in [1.165, 1.54) is 52.6 Å². The van der Waals surface area contributed by atoms with E-state index in [1.807, 2.05) is 29.2 Å². The van der Waals surface area contributed by atoms with Crippen LogP contribution in [0.1, 0.15) is 47.9 Å². The van der Waals surface area contributed by atoms with Crippen LogP contribution in [0.15, 0.2) is 65.6 Å². The second kappa shape index (κ2) is 8.88. The number of rotatable bonds is 4. The molecule has 1 heterocycles. The quantitative estimate of drug-likeness (QED) is 0.441. The number of carbonyl (C=O) groups excluding carboxylic acids is 1. The van der Waals surface area contributed by atoms with Gasteiger partial charge in [0.2, 0.25) is 0 Å². The summed E-state index contributed by atoms with van der Waals surface area (Å²) in [7, 11) is 0. The number of nitrogens with one attached hydrogen (secondary N) is 1. The van der Waals surface area contributed by atoms with Gasteiger partial charge in [-0.05, 0) is 90.7 Å². The predicted octanol–water partition coefficient (Wildman–Crippen LogP) is 6.48. The molecule has 0 radical (unpaired) electrons. The first-order valence-corrected chi connectivity index (χ1v) is 12.6. The average molecular weight is 458 g/mol. The van der Waals surface area contributed by atoms with Crippen LogP contribution in [0.3, 0.4) is 0 Å². The van der Waals surface area contributed by atoms with Gasteiger partial charge in [0, 0.05) is 29.1 Å². The molecule has 1 aliphatic heterocycles. The molecule has 1 aliphatic carbocycles. The maximum Gasteiger partial charge on any atom is 0.322 e. The number of amides is 2. The van der Waals surface area contributed by atoms with Crippen molar-refractivity contribution in [3.63, 3.8) is 0 Å². The van der Waals surface area contributed by atoms with E-state index < -0.39 is 0 Å². The second-order valence-corrected chi connectivity index (χ2v) is 10.3. The number of anilines is 1. The van der Waals surface area contributed by atoms with Crippen molar-refractivity contribution in [2.24, 2.45) is 5.14 Å². The molecule has 0 unspecified atom stereocenters. The molecule has 5 heteroatoms. The lowest BCUT2D eigenvalue weighted by molar-refractivity contribution is 0.245. The van der Waals surface area contributed by atoms with Gasteiger partial charge < -0.3 is 5.32 Å². The number of hydrogen-bond donors (Lipinski definition) is 2. The first-order valence-electron chi connectivity index (χ1n) is 11.7. The molecular formula is C28H31N3OS. The molecule has 2 amide bonds. The lowest BCUT2D eigenvalue weighted by atomic mass is 9.79. The Labute approximate surface area is 200 Å². The number of nitrogens with two attached hydrogens (primary N) is 1. The lowest BCUT2D eigenvalue weighted by Crippen LogP contribution is -2.41. The zero-order chi connectivity index (χ0) is 23.0. The van der Waals surface area contributed by atoms with Gasteiger partial charge in [0.25, 0.3) is 0 Å². The Hall–Kier alpha value is -2.76. The number of carbonyl (C=O) groups is 1. The SMILES string of the molecule is Cc1ccc(-c2ccc3c(c2)C2(CCCC2)CN3C(=O)NCc2ccc(SN)cc2)c(C)c1. The maximum atomic E-state index is 13.3. The minimum atomic E-state index is -0.0171. The van der Waals surface area contributed by atoms with Crippen molar-refractivity contribution in [3.05, 3.63) is 82.9 Å². The van der Waals surface area contributed by atoms with E-state index in [0.29, 0.717) is 6.54 Å². The fraction of sp³-hybridized carbons (Fsp3) is 0.321. The smallest absolute Gasteiger partial charge is 0.322 e. The largest absolute Gasteiger partial charge is 0.334 e. The molecule has 0 bridgehead atoms. The number of nitrogens with zero attached hydrogens (tertiary/aromatic N) is 1. The van der Waals surface area contributed by atoms with Crippen LogP contribution in [-0.2, 0) is 12.0 Å². The molecule has 3 aromatic carbocycles. The van der Waals surface area contributed by atoms with E-state index in [0.717, 1.165) is 35.5 Å². The fourth-order valence-electron chi connectivity index (χ4n) is 5.59. The van der Waals surface area contributed by atoms with Crippen LogP contribution in [0.2, 0.25) is 0 Å². The van der Waals surface area contributed by atoms with Crippen molar-refractivity contribution >= 4 is 23.7 Å². The highest BCUT2D eigenvalue weighted by Gasteiger charge is 2.46. The topological polar surface area (TPSA) is 58.4 Å². The van der Waals surface area contributed by atoms with Gasteiger partial charge in [-0.15, -0.1) is 0 Å². The van der Waals surface area contributed by atoms with E-state index in [4.69, 9.17) is 5.14 Å². The molecule has 2 aliphatic rings. The monoisotopic (exact) mass is 457 g/mol. The molecule has 1 fully saturated rings. The number of benzene rings is 3. The standard InChI is InChI=1S/C28H31N3OS/c1-19-5-11-24(20(2)15-19)22-8-12-26-25(16-22)28(13-3-4-14-28)18-31(26)27(32)30-17-21-6-9-23(33-29)10-7-21/h5-12,15-16H,3-4,13-14,17-18,29H2,1-2H3,(H,30,32). The Morgan fingerprint density at radius 3 is 2.48 bits per heavy atom. The van der Waals surface area contributed by atoms with Crippen LogP contribution in [-0.4, -0.2) is 12.6 Å². The Bertz CT molecular complexity index is 1180. The third kappa shape index (κ3) is 4.16. The molecule has 4 nitrogen and oxygen atoms in total. The summed E-state index contributed by atoms with van der Waals surface area (Å²) in [5, 5.41) is 8.75. The molecule has 0 atom stereocenters. The van der Waals surface area contributed by atoms with Gasteiger partial charge in [0.15, 0.2) is 0 Å². The number of hydrogen-bond acceptors (Lipinski definition) is 3. The fourth-order valence-corrected chi connectivity index (χ4v) is 5.89. The van der Waals surface area contributed by atoms with Gasteiger partial charge in [-0.3, -0.25) is 10.0 Å². The molecule has 1 spiro atoms. The predicted molar refractivity (Wildman–Crippen MR) is 138 cm³/mol. The van der Waals surface area contributed by atoms with Crippen molar-refractivity contribution in [2.75, 3.05) is 11.4 Å². The third-order valence-corrected chi connectivity index (χ3v) is 7.87. The van der Waals surface area contributed by atoms with E-state index in [9.17, 15) is 4.79 Å². The molecule has 3 N–H and O–H groups in total. The van der Waals surface area contributed by atoms with Gasteiger partial charge in [-0.1, -0.05) is 54.8 Å². The normalized spacial score (nSPS) is 16.3. The van der Waals surface area contributed by atoms with Crippen molar-refractivity contribution in [1.29, 1.82) is 0 Å². The minimum Gasteiger partial charge on any atom is -0.334 e. The number of fused-ring (bicyclic) bond motifs is 2. The molecule has 0 saturated heterocycles. The van der Waals surface area contributed by atoms with Gasteiger partial charge in [0.05, 0.1) is 0 Å². The summed E-state index contributed by atoms with van der Waals surface area (Å²) in [6.07, 6.45) is 4.76. The highest BCUT2D eigenvalue weighted by molar-refractivity contribution is 7.97. The first kappa shape index (κ1) is 22.1. The zero-order valence-electron chi connectivity index (χ0n) is 19.4. The average Bonchev–Trinajstić information content (AvgIpc) is 3.43. The van der Waals surface area contributed by atoms with Crippen molar-refractivity contribution < 1.29 is 4.79 Å². The Kier molecular flexibility index (Phi) is 5.94. The number of urea groups is 1. The Balaban J connectivity index is 1.42. The first-order chi connectivity index (χ1) is 16.0. The molecule has 170 valence electrons. The Morgan fingerprint density at radius 2 is 1.79 bits per heavy atom. The summed E-state index contributed by atoms with van der Waals surface area (Å²) in [6, 6.07) is 21.3. The lowest BCUT2D eigenvalue weighted by Gasteiger charge is -2.25. The van der Waals surface area contributed by atoms with Crippen molar-refractivity contribution in [2.45, 2.75) is 56.4 Å². The molecule has 5 rings (SSSR count). The van der Waals surface area contributed by atoms with Gasteiger partial charge in [-0.2, -0.15) is 0 Å². The molecule has 3 aromatic rings. The summed E-state index contributed by atoms with van der Waals surface area (Å²) in [5.74, 6) is 0. The van der Waals surface area contributed by atoms with Gasteiger partial charge in [0.1, 0.15) is 0 Å². The molecule has 33 heavy (non-hydrogen) atoms. The summed E-state index contributed by atoms with van der Waals surface area (Å²) >= 11 is 1.23. The van der Waals surface area contributed by atoms with Gasteiger partial charge >= 0.3 is 6.03 Å². The van der Waals surface area contributed by atoms with E-state index in [-0.39, 0.29) is 11.4 Å². The van der Waals surface area contributed by atoms with E-state index >= 15 is 0 Å². The summed E-state index contributed by atoms with van der Waals surface area (Å²) in [5.41, 5.74) is 8.67. The Morgan fingerprint density at radius 1 is 1.03 bits per heavy atom. The van der Waals surface area contributed by atoms with Crippen LogP contribution in [0.25, 0.3) is 11.1 Å². The number of aryl methyl sites for hydroxylation is 2. The van der Waals surface area contributed by atoms with E-state index in [1.54, 1.807) is 0 Å². The summed E-state index contributed by atoms with van der Waals surface area (Å²) < 4.78 is 0. The van der Waals surface area contributed by atoms with Crippen LogP contribution in [0, 0.1) is 13.8 Å². The van der Waals surface area contributed by atoms with Crippen molar-refractivity contribution in [1.82, 2.24) is 5.32 Å². The molecule has 0 aromatic heterocycles.